The summed E-state index contributed by atoms with van der Waals surface area (Å²) in [6.45, 7) is 4.39. The number of hydrogen-bond donors (Lipinski definition) is 1. The third kappa shape index (κ3) is 3.05. The highest BCUT2D eigenvalue weighted by molar-refractivity contribution is 6.02. The average molecular weight is 385 g/mol. The molecule has 2 aliphatic rings. The summed E-state index contributed by atoms with van der Waals surface area (Å²) in [7, 11) is 0. The van der Waals surface area contributed by atoms with Crippen LogP contribution in [0, 0.1) is 13.8 Å². The molecule has 1 saturated carbocycles. The van der Waals surface area contributed by atoms with E-state index < -0.39 is 5.41 Å². The Labute approximate surface area is 170 Å². The van der Waals surface area contributed by atoms with Crippen LogP contribution in [-0.4, -0.2) is 12.7 Å². The van der Waals surface area contributed by atoms with E-state index in [-0.39, 0.29) is 12.7 Å². The summed E-state index contributed by atoms with van der Waals surface area (Å²) in [6, 6.07) is 20.3. The highest BCUT2D eigenvalue weighted by Gasteiger charge is 2.51. The molecule has 1 aliphatic carbocycles. The van der Waals surface area contributed by atoms with Gasteiger partial charge in [0.25, 0.3) is 0 Å². The first-order chi connectivity index (χ1) is 14.1. The third-order valence-corrected chi connectivity index (χ3v) is 6.02. The van der Waals surface area contributed by atoms with Gasteiger partial charge in [0, 0.05) is 5.69 Å². The smallest absolute Gasteiger partial charge is 0.235 e. The van der Waals surface area contributed by atoms with Crippen molar-refractivity contribution in [3.63, 3.8) is 0 Å². The number of carbonyl (C=O) groups excluding carboxylic acids is 1. The highest BCUT2D eigenvalue weighted by atomic mass is 16.7. The van der Waals surface area contributed by atoms with E-state index in [0.29, 0.717) is 0 Å². The fourth-order valence-electron chi connectivity index (χ4n) is 4.10. The lowest BCUT2D eigenvalue weighted by Crippen LogP contribution is -2.28. The number of carbonyl (C=O) groups is 1. The minimum Gasteiger partial charge on any atom is -0.454 e. The predicted octanol–water partition coefficient (Wildman–Crippen LogP) is 5.37. The Balaban J connectivity index is 1.43. The van der Waals surface area contributed by atoms with Gasteiger partial charge in [-0.1, -0.05) is 48.0 Å². The van der Waals surface area contributed by atoms with Gasteiger partial charge < -0.3 is 14.8 Å². The number of rotatable bonds is 4. The summed E-state index contributed by atoms with van der Waals surface area (Å²) in [5.74, 6) is 1.51. The fraction of sp³-hybridized carbons (Fsp3) is 0.240. The van der Waals surface area contributed by atoms with E-state index in [4.69, 9.17) is 9.47 Å². The molecule has 0 unspecified atom stereocenters. The molecule has 0 radical (unpaired) electrons. The molecule has 146 valence electrons. The molecule has 1 fully saturated rings. The highest BCUT2D eigenvalue weighted by Crippen LogP contribution is 2.51. The summed E-state index contributed by atoms with van der Waals surface area (Å²) in [5.41, 5.74) is 5.97. The van der Waals surface area contributed by atoms with Crippen LogP contribution in [0.25, 0.3) is 11.1 Å². The van der Waals surface area contributed by atoms with Crippen molar-refractivity contribution < 1.29 is 14.3 Å². The van der Waals surface area contributed by atoms with Gasteiger partial charge in [-0.2, -0.15) is 0 Å². The average Bonchev–Trinajstić information content (AvgIpc) is 3.40. The summed E-state index contributed by atoms with van der Waals surface area (Å²) in [5, 5.41) is 3.19. The Bertz CT molecular complexity index is 1110. The minimum atomic E-state index is -0.479. The van der Waals surface area contributed by atoms with Crippen LogP contribution in [0.5, 0.6) is 11.5 Å². The monoisotopic (exact) mass is 385 g/mol. The van der Waals surface area contributed by atoms with Gasteiger partial charge in [0.15, 0.2) is 11.5 Å². The molecule has 1 N–H and O–H groups in total. The van der Waals surface area contributed by atoms with E-state index in [1.807, 2.05) is 30.3 Å². The Morgan fingerprint density at radius 2 is 1.72 bits per heavy atom. The largest absolute Gasteiger partial charge is 0.454 e. The molecule has 1 heterocycles. The van der Waals surface area contributed by atoms with Gasteiger partial charge in [0.1, 0.15) is 0 Å². The van der Waals surface area contributed by atoms with E-state index in [1.54, 1.807) is 0 Å². The molecule has 0 bridgehead atoms. The van der Waals surface area contributed by atoms with Crippen molar-refractivity contribution in [2.75, 3.05) is 12.1 Å². The molecule has 3 aromatic rings. The van der Waals surface area contributed by atoms with Crippen molar-refractivity contribution in [3.8, 4) is 22.6 Å². The molecule has 0 saturated heterocycles. The Hall–Kier alpha value is -3.27. The van der Waals surface area contributed by atoms with Gasteiger partial charge in [-0.05, 0) is 67.1 Å². The lowest BCUT2D eigenvalue weighted by molar-refractivity contribution is -0.118. The van der Waals surface area contributed by atoms with E-state index in [0.717, 1.165) is 52.3 Å². The summed E-state index contributed by atoms with van der Waals surface area (Å²) < 4.78 is 10.9. The molecule has 1 amide bonds. The number of amides is 1. The molecule has 0 aromatic heterocycles. The molecule has 4 heteroatoms. The van der Waals surface area contributed by atoms with Crippen molar-refractivity contribution >= 4 is 11.6 Å². The van der Waals surface area contributed by atoms with E-state index in [1.165, 1.54) is 5.56 Å². The Morgan fingerprint density at radius 3 is 2.52 bits per heavy atom. The van der Waals surface area contributed by atoms with E-state index >= 15 is 0 Å². The van der Waals surface area contributed by atoms with Crippen molar-refractivity contribution in [1.82, 2.24) is 0 Å². The van der Waals surface area contributed by atoms with Crippen LogP contribution in [0.15, 0.2) is 60.7 Å². The summed E-state index contributed by atoms with van der Waals surface area (Å²) >= 11 is 0. The van der Waals surface area contributed by atoms with Crippen LogP contribution in [0.2, 0.25) is 0 Å². The zero-order valence-corrected chi connectivity index (χ0v) is 16.6. The van der Waals surface area contributed by atoms with Crippen LogP contribution >= 0.6 is 0 Å². The molecule has 3 aromatic carbocycles. The van der Waals surface area contributed by atoms with Gasteiger partial charge in [-0.15, -0.1) is 0 Å². The Morgan fingerprint density at radius 1 is 0.931 bits per heavy atom. The minimum absolute atomic E-state index is 0.0425. The first-order valence-electron chi connectivity index (χ1n) is 9.95. The summed E-state index contributed by atoms with van der Waals surface area (Å²) in [6.07, 6.45) is 1.68. The van der Waals surface area contributed by atoms with Crippen LogP contribution in [0.1, 0.15) is 29.5 Å². The number of ether oxygens (including phenoxy) is 2. The number of fused-ring (bicyclic) bond motifs is 1. The lowest BCUT2D eigenvalue weighted by Gasteiger charge is -2.19. The number of anilines is 1. The maximum atomic E-state index is 13.3. The predicted molar refractivity (Wildman–Crippen MR) is 113 cm³/mol. The first kappa shape index (κ1) is 17.8. The molecule has 1 aliphatic heterocycles. The van der Waals surface area contributed by atoms with Gasteiger partial charge in [0.2, 0.25) is 12.7 Å². The Kier molecular flexibility index (Phi) is 4.09. The third-order valence-electron chi connectivity index (χ3n) is 6.02. The van der Waals surface area contributed by atoms with Gasteiger partial charge in [-0.3, -0.25) is 4.79 Å². The van der Waals surface area contributed by atoms with Crippen molar-refractivity contribution in [2.45, 2.75) is 32.1 Å². The zero-order valence-electron chi connectivity index (χ0n) is 16.6. The van der Waals surface area contributed by atoms with Gasteiger partial charge in [-0.25, -0.2) is 0 Å². The summed E-state index contributed by atoms with van der Waals surface area (Å²) in [4.78, 5) is 13.3. The van der Waals surface area contributed by atoms with Crippen LogP contribution < -0.4 is 14.8 Å². The maximum absolute atomic E-state index is 13.3. The quantitative estimate of drug-likeness (QED) is 0.657. The van der Waals surface area contributed by atoms with E-state index in [9.17, 15) is 4.79 Å². The number of aryl methyl sites for hydroxylation is 1. The molecule has 0 spiro atoms. The van der Waals surface area contributed by atoms with Crippen LogP contribution in [0.3, 0.4) is 0 Å². The molecule has 4 nitrogen and oxygen atoms in total. The maximum Gasteiger partial charge on any atom is 0.235 e. The second-order valence-electron chi connectivity index (χ2n) is 7.95. The zero-order chi connectivity index (χ0) is 20.0. The second kappa shape index (κ2) is 6.66. The lowest BCUT2D eigenvalue weighted by atomic mass is 9.93. The SMILES string of the molecule is Cc1cccc(-c2cccc(NC(=O)C3(c4ccc5c(c4)OCO5)CC3)c2C)c1. The van der Waals surface area contributed by atoms with Crippen LogP contribution in [-0.2, 0) is 10.2 Å². The van der Waals surface area contributed by atoms with Crippen molar-refractivity contribution in [3.05, 3.63) is 77.4 Å². The number of hydrogen-bond acceptors (Lipinski definition) is 3. The number of nitrogens with one attached hydrogen (secondary N) is 1. The van der Waals surface area contributed by atoms with Gasteiger partial charge in [0.05, 0.1) is 5.41 Å². The molecular formula is C25H23NO3. The normalized spacial score (nSPS) is 15.8. The molecule has 0 atom stereocenters. The van der Waals surface area contributed by atoms with Crippen molar-refractivity contribution in [2.24, 2.45) is 0 Å². The molecule has 5 rings (SSSR count). The number of benzene rings is 3. The fourth-order valence-corrected chi connectivity index (χ4v) is 4.10. The second-order valence-corrected chi connectivity index (χ2v) is 7.95. The first-order valence-corrected chi connectivity index (χ1v) is 9.95. The molecular weight excluding hydrogens is 362 g/mol. The topological polar surface area (TPSA) is 47.6 Å². The van der Waals surface area contributed by atoms with Gasteiger partial charge >= 0.3 is 0 Å². The standard InChI is InChI=1S/C25H23NO3/c1-16-5-3-6-18(13-16)20-7-4-8-21(17(20)2)26-24(27)25(11-12-25)19-9-10-22-23(14-19)29-15-28-22/h3-10,13-14H,11-12,15H2,1-2H3,(H,26,27). The van der Waals surface area contributed by atoms with Crippen LogP contribution in [0.4, 0.5) is 5.69 Å². The molecule has 29 heavy (non-hydrogen) atoms. The van der Waals surface area contributed by atoms with E-state index in [2.05, 4.69) is 49.5 Å². The van der Waals surface area contributed by atoms with Crippen molar-refractivity contribution in [1.29, 1.82) is 0 Å².